The van der Waals surface area contributed by atoms with Gasteiger partial charge in [-0.15, -0.1) is 0 Å². The average molecular weight is 544 g/mol. The van der Waals surface area contributed by atoms with Crippen molar-refractivity contribution in [2.75, 3.05) is 13.6 Å². The van der Waals surface area contributed by atoms with E-state index in [0.29, 0.717) is 0 Å². The van der Waals surface area contributed by atoms with Crippen LogP contribution in [0.3, 0.4) is 0 Å². The first-order chi connectivity index (χ1) is 14.7. The van der Waals surface area contributed by atoms with Crippen LogP contribution in [-0.2, 0) is 27.6 Å². The van der Waals surface area contributed by atoms with Gasteiger partial charge in [0.2, 0.25) is 0 Å². The van der Waals surface area contributed by atoms with Crippen molar-refractivity contribution in [3.8, 4) is 0 Å². The lowest BCUT2D eigenvalue weighted by Crippen LogP contribution is -2.49. The summed E-state index contributed by atoms with van der Waals surface area (Å²) in [4.78, 5) is 90.4. The van der Waals surface area contributed by atoms with Gasteiger partial charge in [-0.3, -0.25) is 0 Å². The highest BCUT2D eigenvalue weighted by Crippen LogP contribution is 2.54. The van der Waals surface area contributed by atoms with E-state index in [1.165, 1.54) is 6.92 Å². The van der Waals surface area contributed by atoms with Crippen molar-refractivity contribution in [1.82, 2.24) is 0 Å². The maximum Gasteiger partial charge on any atom is 0.174 e. The summed E-state index contributed by atoms with van der Waals surface area (Å²) in [6, 6.07) is 0. The van der Waals surface area contributed by atoms with E-state index < -0.39 is 96.0 Å². The first kappa shape index (κ1) is 32.9. The zero-order valence-corrected chi connectivity index (χ0v) is 20.3. The second kappa shape index (κ2) is 15.1. The van der Waals surface area contributed by atoms with E-state index in [1.54, 1.807) is 0 Å². The first-order valence-electron chi connectivity index (χ1n) is 8.58. The summed E-state index contributed by atoms with van der Waals surface area (Å²) in [6.07, 6.45) is -6.69. The molecular formula is C12H20O16P4-10. The van der Waals surface area contributed by atoms with Crippen molar-refractivity contribution in [3.05, 3.63) is 0 Å². The predicted molar refractivity (Wildman–Crippen MR) is 86.4 cm³/mol. The smallest absolute Gasteiger partial charge is 0.174 e. The molecule has 0 heterocycles. The highest BCUT2D eigenvalue weighted by Gasteiger charge is 2.42. The second-order valence-electron chi connectivity index (χ2n) is 6.27. The lowest BCUT2D eigenvalue weighted by Gasteiger charge is -2.55. The van der Waals surface area contributed by atoms with Gasteiger partial charge in [-0.1, -0.05) is 6.92 Å². The van der Waals surface area contributed by atoms with Crippen molar-refractivity contribution >= 4 is 33.4 Å². The summed E-state index contributed by atoms with van der Waals surface area (Å²) in [5, 5.41) is 18.7. The molecule has 0 spiro atoms. The SMILES string of the molecule is CCC(CC(CC(CC(C)OC[O-])(OP([O-])[O-])OP([O-])[O-])OC[O-])(OP([O-])[O-])P(=O)([O-])[O-]. The molecule has 0 N–H and O–H groups in total. The van der Waals surface area contributed by atoms with Crippen LogP contribution in [0.2, 0.25) is 0 Å². The summed E-state index contributed by atoms with van der Waals surface area (Å²) < 4.78 is 34.6. The fourth-order valence-electron chi connectivity index (χ4n) is 2.86. The van der Waals surface area contributed by atoms with Gasteiger partial charge >= 0.3 is 0 Å². The molecule has 20 heteroatoms. The molecule has 0 aromatic heterocycles. The summed E-state index contributed by atoms with van der Waals surface area (Å²) in [5.74, 6) is -2.70. The summed E-state index contributed by atoms with van der Waals surface area (Å²) in [5.41, 5.74) is 0. The predicted octanol–water partition coefficient (Wildman–Crippen LogP) is -6.81. The molecule has 0 amide bonds. The Morgan fingerprint density at radius 2 is 1.28 bits per heavy atom. The van der Waals surface area contributed by atoms with Gasteiger partial charge in [0.05, 0.1) is 17.6 Å². The maximum atomic E-state index is 11.8. The third kappa shape index (κ3) is 11.6. The lowest BCUT2D eigenvalue weighted by atomic mass is 9.97. The minimum Gasteiger partial charge on any atom is -0.834 e. The molecule has 0 bridgehead atoms. The zero-order valence-electron chi connectivity index (χ0n) is 16.7. The van der Waals surface area contributed by atoms with Gasteiger partial charge in [0.15, 0.2) is 5.79 Å². The molecule has 32 heavy (non-hydrogen) atoms. The van der Waals surface area contributed by atoms with Crippen LogP contribution in [0.4, 0.5) is 0 Å². The van der Waals surface area contributed by atoms with Crippen LogP contribution >= 0.6 is 33.4 Å². The largest absolute Gasteiger partial charge is 0.834 e. The third-order valence-corrected chi connectivity index (χ3v) is 7.31. The van der Waals surface area contributed by atoms with Gasteiger partial charge in [-0.05, 0) is 34.5 Å². The number of rotatable bonds is 18. The third-order valence-electron chi connectivity index (χ3n) is 4.12. The number of ether oxygens (including phenoxy) is 2. The van der Waals surface area contributed by atoms with E-state index in [-0.39, 0.29) is 0 Å². The second-order valence-corrected chi connectivity index (χ2v) is 9.97. The minimum atomic E-state index is -5.87. The Labute approximate surface area is 187 Å². The molecule has 0 fully saturated rings. The van der Waals surface area contributed by atoms with Crippen LogP contribution in [0.15, 0.2) is 0 Å². The summed E-state index contributed by atoms with van der Waals surface area (Å²) in [7, 11) is -17.4. The van der Waals surface area contributed by atoms with Crippen LogP contribution in [0, 0.1) is 0 Å². The molecule has 0 saturated carbocycles. The highest BCUT2D eigenvalue weighted by atomic mass is 31.2. The van der Waals surface area contributed by atoms with Gasteiger partial charge in [0.1, 0.15) is 0 Å². The van der Waals surface area contributed by atoms with E-state index in [4.69, 9.17) is 4.74 Å². The molecule has 0 aromatic carbocycles. The molecule has 0 aliphatic rings. The standard InChI is InChI=1S/C12H22O16P4/c1-3-12(28-31(19)20,32(21,22)23)6-10(25-8-14)5-11(26-29(15)16,27-30(17)18)4-9(2)24-7-13/h9-10H,3-8H2,1-2H3,(H2,21,22,23)/q-8/p-2. The molecule has 0 aromatic rings. The molecule has 0 radical (unpaired) electrons. The quantitative estimate of drug-likeness (QED) is 0.114. The van der Waals surface area contributed by atoms with Crippen molar-refractivity contribution in [2.45, 2.75) is 62.9 Å². The lowest BCUT2D eigenvalue weighted by molar-refractivity contribution is -0.442. The normalized spacial score (nSPS) is 17.2. The molecule has 3 unspecified atom stereocenters. The van der Waals surface area contributed by atoms with Crippen LogP contribution in [0.1, 0.15) is 39.5 Å². The topological polar surface area (TPSA) is 294 Å². The monoisotopic (exact) mass is 544 g/mol. The maximum absolute atomic E-state index is 11.8. The van der Waals surface area contributed by atoms with Gasteiger partial charge < -0.3 is 77.0 Å². The van der Waals surface area contributed by atoms with Crippen molar-refractivity contribution in [3.63, 3.8) is 0 Å². The van der Waals surface area contributed by atoms with E-state index >= 15 is 0 Å². The molecule has 0 saturated heterocycles. The number of hydrogen-bond donors (Lipinski definition) is 0. The molecule has 0 aliphatic carbocycles. The first-order valence-corrected chi connectivity index (χ1v) is 13.4. The number of hydrogen-bond acceptors (Lipinski definition) is 16. The highest BCUT2D eigenvalue weighted by molar-refractivity contribution is 7.51. The van der Waals surface area contributed by atoms with Crippen LogP contribution in [-0.4, -0.2) is 36.9 Å². The Morgan fingerprint density at radius 1 is 0.812 bits per heavy atom. The van der Waals surface area contributed by atoms with E-state index in [0.717, 1.165) is 6.92 Å². The van der Waals surface area contributed by atoms with E-state index in [9.17, 15) is 53.9 Å². The van der Waals surface area contributed by atoms with Gasteiger partial charge in [0.25, 0.3) is 0 Å². The van der Waals surface area contributed by atoms with Crippen molar-refractivity contribution < 1.29 is 77.0 Å². The van der Waals surface area contributed by atoms with E-state index in [2.05, 4.69) is 18.3 Å². The molecule has 194 valence electrons. The zero-order chi connectivity index (χ0) is 25.2. The molecule has 0 rings (SSSR count). The molecule has 3 atom stereocenters. The van der Waals surface area contributed by atoms with Crippen LogP contribution < -0.4 is 49.4 Å². The van der Waals surface area contributed by atoms with Crippen LogP contribution in [0.5, 0.6) is 0 Å². The minimum absolute atomic E-state index is 0.741. The van der Waals surface area contributed by atoms with Gasteiger partial charge in [0, 0.05) is 19.3 Å². The Hall–Kier alpha value is 0.920. The summed E-state index contributed by atoms with van der Waals surface area (Å²) in [6.45, 7) is -0.248. The van der Waals surface area contributed by atoms with Gasteiger partial charge in [-0.25, -0.2) is 0 Å². The van der Waals surface area contributed by atoms with Crippen molar-refractivity contribution in [1.29, 1.82) is 0 Å². The van der Waals surface area contributed by atoms with Crippen molar-refractivity contribution in [2.24, 2.45) is 0 Å². The Balaban J connectivity index is 6.22. The van der Waals surface area contributed by atoms with E-state index in [1.807, 2.05) is 0 Å². The Morgan fingerprint density at radius 3 is 1.62 bits per heavy atom. The molecular weight excluding hydrogens is 524 g/mol. The Kier molecular flexibility index (Phi) is 15.6. The summed E-state index contributed by atoms with van der Waals surface area (Å²) >= 11 is 0. The average Bonchev–Trinajstić information content (AvgIpc) is 2.58. The van der Waals surface area contributed by atoms with Crippen LogP contribution in [0.25, 0.3) is 0 Å². The fourth-order valence-corrected chi connectivity index (χ4v) is 5.73. The van der Waals surface area contributed by atoms with Gasteiger partial charge in [-0.2, -0.15) is 25.8 Å². The fraction of sp³-hybridized carbons (Fsp3) is 1.00. The Bertz CT molecular complexity index is 551. The molecule has 16 nitrogen and oxygen atoms in total. The molecule has 0 aliphatic heterocycles.